The van der Waals surface area contributed by atoms with Crippen molar-refractivity contribution in [2.45, 2.75) is 24.5 Å². The normalized spacial score (nSPS) is 10.9. The number of hydrogen-bond acceptors (Lipinski definition) is 7. The average molecular weight is 414 g/mol. The number of oxazole rings is 1. The fraction of sp³-hybridized carbons (Fsp3) is 0.150. The lowest BCUT2D eigenvalue weighted by atomic mass is 10.2. The molecule has 4 rings (SSSR count). The predicted molar refractivity (Wildman–Crippen MR) is 106 cm³/mol. The van der Waals surface area contributed by atoms with Gasteiger partial charge in [0, 0.05) is 16.3 Å². The monoisotopic (exact) mass is 413 g/mol. The van der Waals surface area contributed by atoms with Gasteiger partial charge in [0.25, 0.3) is 11.1 Å². The molecule has 0 unspecified atom stereocenters. The first-order valence-electron chi connectivity index (χ1n) is 8.51. The Balaban J connectivity index is 1.31. The summed E-state index contributed by atoms with van der Waals surface area (Å²) >= 11 is 7.39. The maximum Gasteiger partial charge on any atom is 0.277 e. The molecule has 2 heterocycles. The molecule has 0 aliphatic carbocycles. The minimum absolute atomic E-state index is 0.222. The lowest BCUT2D eigenvalue weighted by Crippen LogP contribution is -1.95. The Morgan fingerprint density at radius 3 is 2.79 bits per heavy atom. The molecule has 6 nitrogen and oxygen atoms in total. The van der Waals surface area contributed by atoms with E-state index in [0.717, 1.165) is 17.0 Å². The van der Waals surface area contributed by atoms with Crippen LogP contribution in [0.3, 0.4) is 0 Å². The van der Waals surface area contributed by atoms with Crippen LogP contribution >= 0.6 is 23.4 Å². The van der Waals surface area contributed by atoms with Gasteiger partial charge in [-0.3, -0.25) is 0 Å². The number of benzene rings is 2. The number of thioether (sulfide) groups is 1. The Morgan fingerprint density at radius 1 is 1.11 bits per heavy atom. The van der Waals surface area contributed by atoms with Crippen molar-refractivity contribution < 1.29 is 13.6 Å². The highest BCUT2D eigenvalue weighted by Crippen LogP contribution is 2.26. The van der Waals surface area contributed by atoms with Crippen molar-refractivity contribution in [1.82, 2.24) is 15.2 Å². The minimum Gasteiger partial charge on any atom is -0.484 e. The number of halogens is 1. The van der Waals surface area contributed by atoms with E-state index in [4.69, 9.17) is 25.2 Å². The van der Waals surface area contributed by atoms with E-state index in [1.165, 1.54) is 17.3 Å². The van der Waals surface area contributed by atoms with Gasteiger partial charge in [0.05, 0.1) is 5.69 Å². The van der Waals surface area contributed by atoms with Gasteiger partial charge in [0.1, 0.15) is 12.0 Å². The Labute approximate surface area is 170 Å². The van der Waals surface area contributed by atoms with E-state index in [1.54, 1.807) is 12.3 Å². The van der Waals surface area contributed by atoms with Gasteiger partial charge >= 0.3 is 0 Å². The molecule has 0 bridgehead atoms. The van der Waals surface area contributed by atoms with Crippen molar-refractivity contribution in [2.24, 2.45) is 0 Å². The highest BCUT2D eigenvalue weighted by molar-refractivity contribution is 7.98. The molecule has 8 heteroatoms. The van der Waals surface area contributed by atoms with Gasteiger partial charge in [-0.15, -0.1) is 10.2 Å². The second-order valence-electron chi connectivity index (χ2n) is 6.01. The van der Waals surface area contributed by atoms with E-state index in [9.17, 15) is 0 Å². The van der Waals surface area contributed by atoms with Crippen molar-refractivity contribution in [3.05, 3.63) is 77.0 Å². The van der Waals surface area contributed by atoms with Gasteiger partial charge in [0.2, 0.25) is 5.89 Å². The van der Waals surface area contributed by atoms with Crippen molar-refractivity contribution >= 4 is 23.4 Å². The molecule has 28 heavy (non-hydrogen) atoms. The molecular weight excluding hydrogens is 398 g/mol. The van der Waals surface area contributed by atoms with Crippen LogP contribution in [-0.4, -0.2) is 15.2 Å². The van der Waals surface area contributed by atoms with Crippen LogP contribution in [0.25, 0.3) is 11.5 Å². The molecule has 2 aromatic carbocycles. The molecule has 0 amide bonds. The highest BCUT2D eigenvalue weighted by Gasteiger charge is 2.11. The largest absolute Gasteiger partial charge is 0.484 e. The van der Waals surface area contributed by atoms with Gasteiger partial charge < -0.3 is 13.6 Å². The standard InChI is InChI=1S/C20H16ClN3O3S/c1-13-5-7-17(8-6-13)25-11-18-23-24-20(27-18)28-12-16-10-26-19(22-16)14-3-2-4-15(21)9-14/h2-10H,11-12H2,1H3. The Kier molecular flexibility index (Phi) is 5.64. The van der Waals surface area contributed by atoms with Crippen LogP contribution in [0.4, 0.5) is 0 Å². The zero-order valence-electron chi connectivity index (χ0n) is 15.0. The summed E-state index contributed by atoms with van der Waals surface area (Å²) in [5.41, 5.74) is 2.78. The van der Waals surface area contributed by atoms with Crippen molar-refractivity contribution in [3.63, 3.8) is 0 Å². The minimum atomic E-state index is 0.222. The molecule has 142 valence electrons. The maximum atomic E-state index is 6.01. The van der Waals surface area contributed by atoms with Crippen molar-refractivity contribution in [1.29, 1.82) is 0 Å². The third kappa shape index (κ3) is 4.74. The number of rotatable bonds is 7. The average Bonchev–Trinajstić information content (AvgIpc) is 3.35. The number of nitrogens with zero attached hydrogens (tertiary/aromatic N) is 3. The van der Waals surface area contributed by atoms with Crippen LogP contribution in [0.1, 0.15) is 17.1 Å². The Bertz CT molecular complexity index is 1060. The second kappa shape index (κ2) is 8.50. The number of aryl methyl sites for hydroxylation is 1. The van der Waals surface area contributed by atoms with Gasteiger partial charge in [-0.05, 0) is 37.3 Å². The first kappa shape index (κ1) is 18.6. The van der Waals surface area contributed by atoms with Crippen LogP contribution < -0.4 is 4.74 Å². The maximum absolute atomic E-state index is 6.01. The molecule has 0 spiro atoms. The topological polar surface area (TPSA) is 74.2 Å². The van der Waals surface area contributed by atoms with E-state index in [2.05, 4.69) is 15.2 Å². The quantitative estimate of drug-likeness (QED) is 0.367. The van der Waals surface area contributed by atoms with E-state index in [0.29, 0.717) is 27.8 Å². The summed E-state index contributed by atoms with van der Waals surface area (Å²) < 4.78 is 16.8. The predicted octanol–water partition coefficient (Wildman–Crippen LogP) is 5.56. The van der Waals surface area contributed by atoms with Crippen LogP contribution in [0.5, 0.6) is 5.75 Å². The fourth-order valence-corrected chi connectivity index (χ4v) is 3.25. The first-order valence-corrected chi connectivity index (χ1v) is 9.87. The number of aromatic nitrogens is 3. The molecular formula is C20H16ClN3O3S. The van der Waals surface area contributed by atoms with Crippen LogP contribution in [0.15, 0.2) is 68.9 Å². The van der Waals surface area contributed by atoms with E-state index in [-0.39, 0.29) is 6.61 Å². The van der Waals surface area contributed by atoms with Gasteiger partial charge in [-0.1, -0.05) is 47.1 Å². The molecule has 2 aromatic heterocycles. The summed E-state index contributed by atoms with van der Waals surface area (Å²) in [5, 5.41) is 9.12. The molecule has 0 radical (unpaired) electrons. The first-order chi connectivity index (χ1) is 13.7. The summed E-state index contributed by atoms with van der Waals surface area (Å²) in [7, 11) is 0. The Hall–Kier alpha value is -2.77. The van der Waals surface area contributed by atoms with Gasteiger partial charge in [-0.25, -0.2) is 4.98 Å². The SMILES string of the molecule is Cc1ccc(OCc2nnc(SCc3coc(-c4cccc(Cl)c4)n3)o2)cc1. The third-order valence-corrected chi connectivity index (χ3v) is 4.89. The molecule has 0 saturated heterocycles. The third-order valence-electron chi connectivity index (χ3n) is 3.80. The second-order valence-corrected chi connectivity index (χ2v) is 7.37. The molecule has 0 atom stereocenters. The highest BCUT2D eigenvalue weighted by atomic mass is 35.5. The number of ether oxygens (including phenoxy) is 1. The van der Waals surface area contributed by atoms with Crippen molar-refractivity contribution in [2.75, 3.05) is 0 Å². The van der Waals surface area contributed by atoms with Crippen LogP contribution in [-0.2, 0) is 12.4 Å². The summed E-state index contributed by atoms with van der Waals surface area (Å²) in [6.45, 7) is 2.25. The Morgan fingerprint density at radius 2 is 1.96 bits per heavy atom. The van der Waals surface area contributed by atoms with Gasteiger partial charge in [0.15, 0.2) is 6.61 Å². The number of hydrogen-bond donors (Lipinski definition) is 0. The zero-order valence-corrected chi connectivity index (χ0v) is 16.5. The van der Waals surface area contributed by atoms with Crippen molar-refractivity contribution in [3.8, 4) is 17.2 Å². The molecule has 0 fully saturated rings. The molecule has 0 N–H and O–H groups in total. The summed E-state index contributed by atoms with van der Waals surface area (Å²) in [6, 6.07) is 15.2. The molecule has 0 saturated carbocycles. The molecule has 4 aromatic rings. The molecule has 0 aliphatic heterocycles. The van der Waals surface area contributed by atoms with E-state index in [1.807, 2.05) is 49.4 Å². The molecule has 0 aliphatic rings. The zero-order chi connectivity index (χ0) is 19.3. The lowest BCUT2D eigenvalue weighted by molar-refractivity contribution is 0.252. The summed E-state index contributed by atoms with van der Waals surface area (Å²) in [5.74, 6) is 2.25. The van der Waals surface area contributed by atoms with E-state index < -0.39 is 0 Å². The smallest absolute Gasteiger partial charge is 0.277 e. The fourth-order valence-electron chi connectivity index (χ4n) is 2.40. The van der Waals surface area contributed by atoms with Crippen LogP contribution in [0.2, 0.25) is 5.02 Å². The lowest BCUT2D eigenvalue weighted by Gasteiger charge is -2.02. The summed E-state index contributed by atoms with van der Waals surface area (Å²) in [4.78, 5) is 4.47. The summed E-state index contributed by atoms with van der Waals surface area (Å²) in [6.07, 6.45) is 1.61. The van der Waals surface area contributed by atoms with Gasteiger partial charge in [-0.2, -0.15) is 0 Å². The van der Waals surface area contributed by atoms with E-state index >= 15 is 0 Å². The van der Waals surface area contributed by atoms with Crippen LogP contribution in [0, 0.1) is 6.92 Å².